The number of benzene rings is 1. The third-order valence-electron chi connectivity index (χ3n) is 3.90. The van der Waals surface area contributed by atoms with Crippen molar-refractivity contribution in [3.05, 3.63) is 58.8 Å². The Bertz CT molecular complexity index is 796. The molecule has 0 saturated carbocycles. The summed E-state index contributed by atoms with van der Waals surface area (Å²) in [5.41, 5.74) is 0. The first-order valence-electron chi connectivity index (χ1n) is 7.37. The van der Waals surface area contributed by atoms with Crippen molar-refractivity contribution in [2.75, 3.05) is 13.1 Å². The van der Waals surface area contributed by atoms with Gasteiger partial charge in [0.2, 0.25) is 5.91 Å². The monoisotopic (exact) mass is 347 g/mol. The van der Waals surface area contributed by atoms with E-state index in [1.807, 2.05) is 17.5 Å². The number of likely N-dealkylation sites (tertiary alicyclic amines) is 1. The quantitative estimate of drug-likeness (QED) is 0.799. The molecule has 0 spiro atoms. The Morgan fingerprint density at radius 2 is 1.96 bits per heavy atom. The molecular weight excluding hydrogens is 330 g/mol. The van der Waals surface area contributed by atoms with Gasteiger partial charge < -0.3 is 4.90 Å². The molecule has 1 atom stereocenters. The van der Waals surface area contributed by atoms with E-state index in [4.69, 9.17) is 0 Å². The lowest BCUT2D eigenvalue weighted by Gasteiger charge is -2.15. The van der Waals surface area contributed by atoms with Gasteiger partial charge in [0.1, 0.15) is 0 Å². The van der Waals surface area contributed by atoms with E-state index in [0.717, 1.165) is 4.88 Å². The molecule has 120 valence electrons. The van der Waals surface area contributed by atoms with Gasteiger partial charge >= 0.3 is 0 Å². The highest BCUT2D eigenvalue weighted by Gasteiger charge is 2.35. The molecule has 1 aliphatic rings. The lowest BCUT2D eigenvalue weighted by molar-refractivity contribution is -0.124. The molecule has 2 heterocycles. The highest BCUT2D eigenvalue weighted by atomic mass is 32.2. The molecule has 1 fully saturated rings. The Morgan fingerprint density at radius 3 is 2.65 bits per heavy atom. The SMILES string of the molecule is O=C(C=Cc1cccs1)N1CCC(S(=O)(=O)c2ccccc2)C1. The third-order valence-corrected chi connectivity index (χ3v) is 6.93. The zero-order valence-electron chi connectivity index (χ0n) is 12.5. The van der Waals surface area contributed by atoms with E-state index in [1.165, 1.54) is 6.08 Å². The summed E-state index contributed by atoms with van der Waals surface area (Å²) in [5, 5.41) is 1.42. The predicted octanol–water partition coefficient (Wildman–Crippen LogP) is 2.84. The molecule has 1 aromatic carbocycles. The predicted molar refractivity (Wildman–Crippen MR) is 92.0 cm³/mol. The largest absolute Gasteiger partial charge is 0.338 e. The van der Waals surface area contributed by atoms with Crippen LogP contribution in [0.2, 0.25) is 0 Å². The van der Waals surface area contributed by atoms with Crippen LogP contribution in [0.3, 0.4) is 0 Å². The standard InChI is InChI=1S/C17H17NO3S2/c19-17(9-8-14-5-4-12-22-14)18-11-10-16(13-18)23(20,21)15-6-2-1-3-7-15/h1-9,12,16H,10-11,13H2. The minimum Gasteiger partial charge on any atom is -0.338 e. The molecule has 1 aromatic heterocycles. The molecule has 1 saturated heterocycles. The van der Waals surface area contributed by atoms with E-state index in [0.29, 0.717) is 17.9 Å². The van der Waals surface area contributed by atoms with Crippen molar-refractivity contribution in [1.82, 2.24) is 4.90 Å². The molecule has 1 unspecified atom stereocenters. The summed E-state index contributed by atoms with van der Waals surface area (Å²) in [7, 11) is -3.38. The summed E-state index contributed by atoms with van der Waals surface area (Å²) in [6, 6.07) is 12.3. The van der Waals surface area contributed by atoms with E-state index < -0.39 is 15.1 Å². The molecular formula is C17H17NO3S2. The first kappa shape index (κ1) is 16.0. The van der Waals surface area contributed by atoms with Gasteiger partial charge in [-0.3, -0.25) is 4.79 Å². The van der Waals surface area contributed by atoms with Crippen LogP contribution in [-0.4, -0.2) is 37.6 Å². The smallest absolute Gasteiger partial charge is 0.246 e. The fraction of sp³-hybridized carbons (Fsp3) is 0.235. The summed E-state index contributed by atoms with van der Waals surface area (Å²) in [5.74, 6) is -0.135. The van der Waals surface area contributed by atoms with Crippen LogP contribution in [0.1, 0.15) is 11.3 Å². The first-order chi connectivity index (χ1) is 11.1. The number of sulfone groups is 1. The van der Waals surface area contributed by atoms with Crippen molar-refractivity contribution < 1.29 is 13.2 Å². The normalized spacial score (nSPS) is 18.6. The Morgan fingerprint density at radius 1 is 1.17 bits per heavy atom. The second kappa shape index (κ2) is 6.68. The Kier molecular flexibility index (Phi) is 4.63. The van der Waals surface area contributed by atoms with Gasteiger partial charge in [-0.2, -0.15) is 0 Å². The van der Waals surface area contributed by atoms with Crippen LogP contribution < -0.4 is 0 Å². The van der Waals surface area contributed by atoms with Crippen LogP contribution in [0, 0.1) is 0 Å². The molecule has 23 heavy (non-hydrogen) atoms. The Labute approximate surface area is 140 Å². The maximum absolute atomic E-state index is 12.6. The summed E-state index contributed by atoms with van der Waals surface area (Å²) in [6.07, 6.45) is 3.77. The average molecular weight is 347 g/mol. The summed E-state index contributed by atoms with van der Waals surface area (Å²) in [6.45, 7) is 0.731. The van der Waals surface area contributed by atoms with Crippen LogP contribution in [0.15, 0.2) is 58.8 Å². The fourth-order valence-corrected chi connectivity index (χ4v) is 4.96. The van der Waals surface area contributed by atoms with Crippen LogP contribution in [0.4, 0.5) is 0 Å². The maximum Gasteiger partial charge on any atom is 0.246 e. The van der Waals surface area contributed by atoms with E-state index in [2.05, 4.69) is 0 Å². The molecule has 0 radical (unpaired) electrons. The van der Waals surface area contributed by atoms with Gasteiger partial charge in [0.05, 0.1) is 10.1 Å². The van der Waals surface area contributed by atoms with Crippen molar-refractivity contribution in [3.8, 4) is 0 Å². The van der Waals surface area contributed by atoms with Crippen LogP contribution in [0.25, 0.3) is 6.08 Å². The topological polar surface area (TPSA) is 54.5 Å². The summed E-state index contributed by atoms with van der Waals surface area (Å²) in [4.78, 5) is 15.1. The number of carbonyl (C=O) groups is 1. The maximum atomic E-state index is 12.6. The number of hydrogen-bond acceptors (Lipinski definition) is 4. The highest BCUT2D eigenvalue weighted by molar-refractivity contribution is 7.92. The van der Waals surface area contributed by atoms with Crippen LogP contribution >= 0.6 is 11.3 Å². The van der Waals surface area contributed by atoms with E-state index in [9.17, 15) is 13.2 Å². The second-order valence-corrected chi connectivity index (χ2v) is 8.61. The van der Waals surface area contributed by atoms with Crippen molar-refractivity contribution in [2.24, 2.45) is 0 Å². The fourth-order valence-electron chi connectivity index (χ4n) is 2.63. The average Bonchev–Trinajstić information content (AvgIpc) is 3.25. The summed E-state index contributed by atoms with van der Waals surface area (Å²) < 4.78 is 25.2. The third kappa shape index (κ3) is 3.54. The minimum absolute atomic E-state index is 0.135. The molecule has 0 N–H and O–H groups in total. The van der Waals surface area contributed by atoms with E-state index in [-0.39, 0.29) is 12.5 Å². The number of rotatable bonds is 4. The van der Waals surface area contributed by atoms with Gasteiger partial charge in [0.15, 0.2) is 9.84 Å². The number of nitrogens with zero attached hydrogens (tertiary/aromatic N) is 1. The van der Waals surface area contributed by atoms with Crippen molar-refractivity contribution in [2.45, 2.75) is 16.6 Å². The van der Waals surface area contributed by atoms with Gasteiger partial charge in [-0.15, -0.1) is 11.3 Å². The van der Waals surface area contributed by atoms with Crippen LogP contribution in [0.5, 0.6) is 0 Å². The number of hydrogen-bond donors (Lipinski definition) is 0. The lowest BCUT2D eigenvalue weighted by atomic mass is 10.4. The minimum atomic E-state index is -3.38. The van der Waals surface area contributed by atoms with Crippen molar-refractivity contribution in [3.63, 3.8) is 0 Å². The number of thiophene rings is 1. The van der Waals surface area contributed by atoms with Gasteiger partial charge in [-0.25, -0.2) is 8.42 Å². The molecule has 1 aliphatic heterocycles. The molecule has 0 aliphatic carbocycles. The van der Waals surface area contributed by atoms with Crippen molar-refractivity contribution in [1.29, 1.82) is 0 Å². The first-order valence-corrected chi connectivity index (χ1v) is 9.79. The molecule has 6 heteroatoms. The van der Waals surface area contributed by atoms with Crippen LogP contribution in [-0.2, 0) is 14.6 Å². The molecule has 3 rings (SSSR count). The number of carbonyl (C=O) groups excluding carboxylic acids is 1. The molecule has 4 nitrogen and oxygen atoms in total. The highest BCUT2D eigenvalue weighted by Crippen LogP contribution is 2.24. The van der Waals surface area contributed by atoms with Gasteiger partial charge in [-0.05, 0) is 36.1 Å². The molecule has 1 amide bonds. The lowest BCUT2D eigenvalue weighted by Crippen LogP contribution is -2.30. The second-order valence-electron chi connectivity index (χ2n) is 5.40. The van der Waals surface area contributed by atoms with Gasteiger partial charge in [-0.1, -0.05) is 24.3 Å². The van der Waals surface area contributed by atoms with Crippen molar-refractivity contribution >= 4 is 33.2 Å². The van der Waals surface area contributed by atoms with Gasteiger partial charge in [0, 0.05) is 24.0 Å². The zero-order valence-corrected chi connectivity index (χ0v) is 14.1. The number of amides is 1. The zero-order chi connectivity index (χ0) is 16.3. The van der Waals surface area contributed by atoms with E-state index in [1.54, 1.807) is 52.6 Å². The van der Waals surface area contributed by atoms with E-state index >= 15 is 0 Å². The van der Waals surface area contributed by atoms with Gasteiger partial charge in [0.25, 0.3) is 0 Å². The Hall–Kier alpha value is -1.92. The summed E-state index contributed by atoms with van der Waals surface area (Å²) >= 11 is 1.56. The molecule has 2 aromatic rings. The Balaban J connectivity index is 1.67. The molecule has 0 bridgehead atoms.